The summed E-state index contributed by atoms with van der Waals surface area (Å²) >= 11 is 0. The first-order chi connectivity index (χ1) is 9.59. The molecule has 0 atom stereocenters. The van der Waals surface area contributed by atoms with Crippen molar-refractivity contribution in [2.75, 3.05) is 40.0 Å². The maximum absolute atomic E-state index is 5.66. The standard InChI is InChI=1S/C16H26N2O2/c1-16(2)13-18(8-7-17-16)12-14-5-4-6-15(11-14)20-10-9-19-3/h4-6,11,17H,7-10,12-13H2,1-3H3. The van der Waals surface area contributed by atoms with E-state index in [0.29, 0.717) is 13.2 Å². The van der Waals surface area contributed by atoms with Crippen molar-refractivity contribution in [1.29, 1.82) is 0 Å². The fraction of sp³-hybridized carbons (Fsp3) is 0.625. The fourth-order valence-corrected chi connectivity index (χ4v) is 2.62. The number of hydrogen-bond acceptors (Lipinski definition) is 4. The van der Waals surface area contributed by atoms with Crippen LogP contribution in [0.5, 0.6) is 5.75 Å². The van der Waals surface area contributed by atoms with Gasteiger partial charge < -0.3 is 14.8 Å². The molecular weight excluding hydrogens is 252 g/mol. The van der Waals surface area contributed by atoms with Crippen LogP contribution in [0.3, 0.4) is 0 Å². The van der Waals surface area contributed by atoms with Crippen LogP contribution in [0, 0.1) is 0 Å². The summed E-state index contributed by atoms with van der Waals surface area (Å²) in [7, 11) is 1.69. The van der Waals surface area contributed by atoms with Crippen molar-refractivity contribution in [2.24, 2.45) is 0 Å². The average molecular weight is 278 g/mol. The second-order valence-corrected chi connectivity index (χ2v) is 6.01. The van der Waals surface area contributed by atoms with Gasteiger partial charge in [0.15, 0.2) is 0 Å². The highest BCUT2D eigenvalue weighted by Gasteiger charge is 2.25. The van der Waals surface area contributed by atoms with Crippen LogP contribution in [0.25, 0.3) is 0 Å². The van der Waals surface area contributed by atoms with E-state index in [9.17, 15) is 0 Å². The van der Waals surface area contributed by atoms with Crippen molar-refractivity contribution in [3.05, 3.63) is 29.8 Å². The molecule has 0 spiro atoms. The quantitative estimate of drug-likeness (QED) is 0.806. The molecule has 0 bridgehead atoms. The highest BCUT2D eigenvalue weighted by atomic mass is 16.5. The van der Waals surface area contributed by atoms with Crippen molar-refractivity contribution in [3.8, 4) is 5.75 Å². The minimum Gasteiger partial charge on any atom is -0.491 e. The minimum absolute atomic E-state index is 0.199. The number of nitrogens with zero attached hydrogens (tertiary/aromatic N) is 1. The highest BCUT2D eigenvalue weighted by molar-refractivity contribution is 5.28. The van der Waals surface area contributed by atoms with Gasteiger partial charge in [-0.3, -0.25) is 4.90 Å². The van der Waals surface area contributed by atoms with Crippen LogP contribution in [0.15, 0.2) is 24.3 Å². The highest BCUT2D eigenvalue weighted by Crippen LogP contribution is 2.17. The Hall–Kier alpha value is -1.10. The van der Waals surface area contributed by atoms with E-state index >= 15 is 0 Å². The monoisotopic (exact) mass is 278 g/mol. The summed E-state index contributed by atoms with van der Waals surface area (Å²) < 4.78 is 10.7. The molecule has 1 aromatic carbocycles. The number of benzene rings is 1. The first-order valence-electron chi connectivity index (χ1n) is 7.27. The van der Waals surface area contributed by atoms with Crippen molar-refractivity contribution in [2.45, 2.75) is 25.9 Å². The summed E-state index contributed by atoms with van der Waals surface area (Å²) in [5.41, 5.74) is 1.50. The van der Waals surface area contributed by atoms with Gasteiger partial charge in [-0.1, -0.05) is 12.1 Å². The van der Waals surface area contributed by atoms with Crippen LogP contribution in [-0.2, 0) is 11.3 Å². The molecular formula is C16H26N2O2. The smallest absolute Gasteiger partial charge is 0.119 e. The molecule has 112 valence electrons. The van der Waals surface area contributed by atoms with E-state index in [-0.39, 0.29) is 5.54 Å². The van der Waals surface area contributed by atoms with E-state index in [2.05, 4.69) is 42.3 Å². The van der Waals surface area contributed by atoms with Crippen molar-refractivity contribution >= 4 is 0 Å². The third-order valence-corrected chi connectivity index (χ3v) is 3.51. The summed E-state index contributed by atoms with van der Waals surface area (Å²) in [5, 5.41) is 3.54. The number of nitrogens with one attached hydrogen (secondary N) is 1. The van der Waals surface area contributed by atoms with Crippen LogP contribution >= 0.6 is 0 Å². The number of hydrogen-bond donors (Lipinski definition) is 1. The van der Waals surface area contributed by atoms with Crippen LogP contribution in [0.4, 0.5) is 0 Å². The maximum Gasteiger partial charge on any atom is 0.119 e. The normalized spacial score (nSPS) is 18.9. The lowest BCUT2D eigenvalue weighted by Gasteiger charge is -2.39. The molecule has 20 heavy (non-hydrogen) atoms. The zero-order valence-corrected chi connectivity index (χ0v) is 12.8. The van der Waals surface area contributed by atoms with Gasteiger partial charge in [0.05, 0.1) is 6.61 Å². The number of rotatable bonds is 6. The van der Waals surface area contributed by atoms with Gasteiger partial charge in [-0.15, -0.1) is 0 Å². The van der Waals surface area contributed by atoms with Gasteiger partial charge in [0, 0.05) is 38.8 Å². The fourth-order valence-electron chi connectivity index (χ4n) is 2.62. The molecule has 4 heteroatoms. The average Bonchev–Trinajstić information content (AvgIpc) is 2.38. The summed E-state index contributed by atoms with van der Waals surface area (Å²) in [6, 6.07) is 8.36. The Morgan fingerprint density at radius 1 is 1.30 bits per heavy atom. The van der Waals surface area contributed by atoms with Gasteiger partial charge in [0.2, 0.25) is 0 Å². The van der Waals surface area contributed by atoms with Crippen LogP contribution in [-0.4, -0.2) is 50.4 Å². The Morgan fingerprint density at radius 3 is 2.90 bits per heavy atom. The largest absolute Gasteiger partial charge is 0.491 e. The van der Waals surface area contributed by atoms with Crippen LogP contribution < -0.4 is 10.1 Å². The summed E-state index contributed by atoms with van der Waals surface area (Å²) in [6.07, 6.45) is 0. The molecule has 0 amide bonds. The molecule has 0 aromatic heterocycles. The Balaban J connectivity index is 1.90. The molecule has 4 nitrogen and oxygen atoms in total. The number of piperazine rings is 1. The molecule has 0 unspecified atom stereocenters. The molecule has 1 saturated heterocycles. The minimum atomic E-state index is 0.199. The lowest BCUT2D eigenvalue weighted by Crippen LogP contribution is -2.56. The van der Waals surface area contributed by atoms with E-state index in [4.69, 9.17) is 9.47 Å². The van der Waals surface area contributed by atoms with E-state index in [1.54, 1.807) is 7.11 Å². The molecule has 2 rings (SSSR count). The molecule has 0 aliphatic carbocycles. The lowest BCUT2D eigenvalue weighted by molar-refractivity contribution is 0.144. The van der Waals surface area contributed by atoms with Gasteiger partial charge in [-0.25, -0.2) is 0 Å². The van der Waals surface area contributed by atoms with Crippen LogP contribution in [0.1, 0.15) is 19.4 Å². The third-order valence-electron chi connectivity index (χ3n) is 3.51. The third kappa shape index (κ3) is 4.78. The van der Waals surface area contributed by atoms with E-state index in [0.717, 1.165) is 31.9 Å². The summed E-state index contributed by atoms with van der Waals surface area (Å²) in [5.74, 6) is 0.925. The van der Waals surface area contributed by atoms with E-state index < -0.39 is 0 Å². The van der Waals surface area contributed by atoms with Crippen molar-refractivity contribution in [1.82, 2.24) is 10.2 Å². The first kappa shape index (κ1) is 15.3. The summed E-state index contributed by atoms with van der Waals surface area (Å²) in [6.45, 7) is 9.92. The molecule has 1 aromatic rings. The number of methoxy groups -OCH3 is 1. The molecule has 0 radical (unpaired) electrons. The van der Waals surface area contributed by atoms with Gasteiger partial charge in [-0.2, -0.15) is 0 Å². The molecule has 1 fully saturated rings. The topological polar surface area (TPSA) is 33.7 Å². The van der Waals surface area contributed by atoms with Crippen LogP contribution in [0.2, 0.25) is 0 Å². The second kappa shape index (κ2) is 7.07. The zero-order valence-electron chi connectivity index (χ0n) is 12.8. The van der Waals surface area contributed by atoms with Gasteiger partial charge in [-0.05, 0) is 31.5 Å². The Bertz CT molecular complexity index is 421. The molecule has 1 N–H and O–H groups in total. The molecule has 1 aliphatic heterocycles. The SMILES string of the molecule is COCCOc1cccc(CN2CCNC(C)(C)C2)c1. The molecule has 1 heterocycles. The zero-order chi connectivity index (χ0) is 14.4. The molecule has 0 saturated carbocycles. The maximum atomic E-state index is 5.66. The van der Waals surface area contributed by atoms with Crippen molar-refractivity contribution in [3.63, 3.8) is 0 Å². The summed E-state index contributed by atoms with van der Waals surface area (Å²) in [4.78, 5) is 2.49. The van der Waals surface area contributed by atoms with Crippen molar-refractivity contribution < 1.29 is 9.47 Å². The Kier molecular flexibility index (Phi) is 5.40. The van der Waals surface area contributed by atoms with E-state index in [1.807, 2.05) is 6.07 Å². The lowest BCUT2D eigenvalue weighted by atomic mass is 10.0. The van der Waals surface area contributed by atoms with Gasteiger partial charge in [0.25, 0.3) is 0 Å². The predicted molar refractivity (Wildman–Crippen MR) is 81.2 cm³/mol. The first-order valence-corrected chi connectivity index (χ1v) is 7.27. The second-order valence-electron chi connectivity index (χ2n) is 6.01. The van der Waals surface area contributed by atoms with E-state index in [1.165, 1.54) is 5.56 Å². The number of ether oxygens (including phenoxy) is 2. The van der Waals surface area contributed by atoms with Gasteiger partial charge in [0.1, 0.15) is 12.4 Å². The molecule has 1 aliphatic rings. The Morgan fingerprint density at radius 2 is 2.15 bits per heavy atom. The predicted octanol–water partition coefficient (Wildman–Crippen LogP) is 1.90. The Labute approximate surface area is 122 Å². The van der Waals surface area contributed by atoms with Gasteiger partial charge >= 0.3 is 0 Å².